The quantitative estimate of drug-likeness (QED) is 0.631. The summed E-state index contributed by atoms with van der Waals surface area (Å²) < 4.78 is 10.1. The summed E-state index contributed by atoms with van der Waals surface area (Å²) in [5.74, 6) is 0.0266. The van der Waals surface area contributed by atoms with E-state index in [4.69, 9.17) is 9.47 Å². The zero-order chi connectivity index (χ0) is 14.6. The highest BCUT2D eigenvalue weighted by Gasteiger charge is 2.10. The number of amides is 1. The molecule has 1 rings (SSSR count). The summed E-state index contributed by atoms with van der Waals surface area (Å²) in [7, 11) is 3.29. The first-order chi connectivity index (χ1) is 9.77. The molecule has 0 aromatic heterocycles. The fourth-order valence-corrected chi connectivity index (χ4v) is 1.87. The third-order valence-corrected chi connectivity index (χ3v) is 2.91. The van der Waals surface area contributed by atoms with Crippen LogP contribution in [0.4, 0.5) is 0 Å². The van der Waals surface area contributed by atoms with Gasteiger partial charge in [0.05, 0.1) is 19.3 Å². The molecule has 0 spiro atoms. The van der Waals surface area contributed by atoms with Crippen LogP contribution in [0.25, 0.3) is 0 Å². The average Bonchev–Trinajstić information content (AvgIpc) is 2.47. The van der Waals surface area contributed by atoms with Gasteiger partial charge in [-0.25, -0.2) is 0 Å². The lowest BCUT2D eigenvalue weighted by Gasteiger charge is -2.18. The second kappa shape index (κ2) is 10.4. The molecular formula is C15H24N2O3. The average molecular weight is 280 g/mol. The van der Waals surface area contributed by atoms with Gasteiger partial charge in [-0.1, -0.05) is 30.3 Å². The van der Waals surface area contributed by atoms with E-state index in [2.05, 4.69) is 22.8 Å². The Hall–Kier alpha value is -1.43. The topological polar surface area (TPSA) is 59.6 Å². The van der Waals surface area contributed by atoms with Crippen molar-refractivity contribution in [3.63, 3.8) is 0 Å². The van der Waals surface area contributed by atoms with Gasteiger partial charge < -0.3 is 20.1 Å². The third-order valence-electron chi connectivity index (χ3n) is 2.91. The van der Waals surface area contributed by atoms with Gasteiger partial charge in [0, 0.05) is 33.7 Å². The number of carbonyl (C=O) groups is 1. The Bertz CT molecular complexity index is 371. The third kappa shape index (κ3) is 6.65. The number of hydrogen-bond acceptors (Lipinski definition) is 4. The van der Waals surface area contributed by atoms with Crippen molar-refractivity contribution in [1.82, 2.24) is 10.6 Å². The molecular weight excluding hydrogens is 256 g/mol. The van der Waals surface area contributed by atoms with E-state index in [-0.39, 0.29) is 11.9 Å². The number of hydrogen-bond donors (Lipinski definition) is 2. The summed E-state index contributed by atoms with van der Waals surface area (Å²) in [6.45, 7) is 2.28. The van der Waals surface area contributed by atoms with Gasteiger partial charge in [0.1, 0.15) is 0 Å². The summed E-state index contributed by atoms with van der Waals surface area (Å²) in [5, 5.41) is 6.14. The monoisotopic (exact) mass is 280 g/mol. The van der Waals surface area contributed by atoms with Crippen LogP contribution in [-0.4, -0.2) is 46.4 Å². The van der Waals surface area contributed by atoms with E-state index in [1.165, 1.54) is 0 Å². The Morgan fingerprint density at radius 1 is 1.15 bits per heavy atom. The van der Waals surface area contributed by atoms with Gasteiger partial charge in [-0.2, -0.15) is 0 Å². The maximum atomic E-state index is 11.6. The molecule has 0 fully saturated rings. The van der Waals surface area contributed by atoms with Gasteiger partial charge in [0.15, 0.2) is 0 Å². The molecule has 0 aliphatic carbocycles. The Balaban J connectivity index is 2.31. The number of ether oxygens (including phenoxy) is 2. The van der Waals surface area contributed by atoms with Gasteiger partial charge >= 0.3 is 0 Å². The molecule has 1 atom stereocenters. The number of nitrogens with one attached hydrogen (secondary N) is 2. The number of methoxy groups -OCH3 is 2. The molecule has 0 bridgehead atoms. The Morgan fingerprint density at radius 3 is 2.55 bits per heavy atom. The van der Waals surface area contributed by atoms with Crippen molar-refractivity contribution in [2.75, 3.05) is 40.5 Å². The minimum atomic E-state index is 0.0266. The van der Waals surface area contributed by atoms with E-state index in [9.17, 15) is 4.79 Å². The second-order valence-corrected chi connectivity index (χ2v) is 4.47. The molecule has 0 saturated heterocycles. The van der Waals surface area contributed by atoms with Crippen LogP contribution >= 0.6 is 0 Å². The standard InChI is InChI=1S/C15H24N2O3/c1-19-11-10-17-15(18)8-9-16-14(12-20-2)13-6-4-3-5-7-13/h3-7,14,16H,8-12H2,1-2H3,(H,17,18). The highest BCUT2D eigenvalue weighted by molar-refractivity contribution is 5.76. The second-order valence-electron chi connectivity index (χ2n) is 4.47. The molecule has 1 aromatic carbocycles. The fraction of sp³-hybridized carbons (Fsp3) is 0.533. The molecule has 0 heterocycles. The van der Waals surface area contributed by atoms with Crippen LogP contribution in [-0.2, 0) is 14.3 Å². The molecule has 20 heavy (non-hydrogen) atoms. The Morgan fingerprint density at radius 2 is 1.90 bits per heavy atom. The van der Waals surface area contributed by atoms with Crippen molar-refractivity contribution < 1.29 is 14.3 Å². The van der Waals surface area contributed by atoms with Crippen LogP contribution < -0.4 is 10.6 Å². The maximum Gasteiger partial charge on any atom is 0.221 e. The lowest BCUT2D eigenvalue weighted by molar-refractivity contribution is -0.121. The number of rotatable bonds is 10. The Kier molecular flexibility index (Phi) is 8.62. The largest absolute Gasteiger partial charge is 0.383 e. The summed E-state index contributed by atoms with van der Waals surface area (Å²) >= 11 is 0. The normalized spacial score (nSPS) is 12.1. The molecule has 1 aromatic rings. The van der Waals surface area contributed by atoms with Crippen molar-refractivity contribution >= 4 is 5.91 Å². The fourth-order valence-electron chi connectivity index (χ4n) is 1.87. The summed E-state index contributed by atoms with van der Waals surface area (Å²) in [6.07, 6.45) is 0.441. The summed E-state index contributed by atoms with van der Waals surface area (Å²) in [6, 6.07) is 10.2. The molecule has 5 heteroatoms. The molecule has 2 N–H and O–H groups in total. The first kappa shape index (κ1) is 16.6. The van der Waals surface area contributed by atoms with E-state index in [1.54, 1.807) is 14.2 Å². The zero-order valence-corrected chi connectivity index (χ0v) is 12.2. The van der Waals surface area contributed by atoms with Crippen LogP contribution in [0, 0.1) is 0 Å². The molecule has 0 aliphatic heterocycles. The first-order valence-corrected chi connectivity index (χ1v) is 6.80. The molecule has 112 valence electrons. The number of carbonyl (C=O) groups excluding carboxylic acids is 1. The molecule has 1 amide bonds. The van der Waals surface area contributed by atoms with Crippen molar-refractivity contribution in [2.24, 2.45) is 0 Å². The first-order valence-electron chi connectivity index (χ1n) is 6.80. The SMILES string of the molecule is COCCNC(=O)CCNC(COC)c1ccccc1. The molecule has 0 saturated carbocycles. The van der Waals surface area contributed by atoms with Gasteiger partial charge in [-0.05, 0) is 5.56 Å². The van der Waals surface area contributed by atoms with Crippen molar-refractivity contribution in [2.45, 2.75) is 12.5 Å². The van der Waals surface area contributed by atoms with E-state index in [1.807, 2.05) is 18.2 Å². The molecule has 1 unspecified atom stereocenters. The van der Waals surface area contributed by atoms with E-state index in [0.717, 1.165) is 5.56 Å². The zero-order valence-electron chi connectivity index (χ0n) is 12.2. The lowest BCUT2D eigenvalue weighted by atomic mass is 10.1. The van der Waals surface area contributed by atoms with Crippen molar-refractivity contribution in [3.8, 4) is 0 Å². The summed E-state index contributed by atoms with van der Waals surface area (Å²) in [5.41, 5.74) is 1.16. The molecule has 0 radical (unpaired) electrons. The van der Waals surface area contributed by atoms with Crippen molar-refractivity contribution in [1.29, 1.82) is 0 Å². The smallest absolute Gasteiger partial charge is 0.221 e. The lowest BCUT2D eigenvalue weighted by Crippen LogP contribution is -2.32. The van der Waals surface area contributed by atoms with Crippen molar-refractivity contribution in [3.05, 3.63) is 35.9 Å². The maximum absolute atomic E-state index is 11.6. The van der Waals surface area contributed by atoms with Crippen LogP contribution in [0.1, 0.15) is 18.0 Å². The number of benzene rings is 1. The van der Waals surface area contributed by atoms with Crippen LogP contribution in [0.3, 0.4) is 0 Å². The molecule has 5 nitrogen and oxygen atoms in total. The van der Waals surface area contributed by atoms with Crippen LogP contribution in [0.5, 0.6) is 0 Å². The van der Waals surface area contributed by atoms with Gasteiger partial charge in [-0.15, -0.1) is 0 Å². The van der Waals surface area contributed by atoms with E-state index >= 15 is 0 Å². The predicted octanol–water partition coefficient (Wildman–Crippen LogP) is 1.12. The van der Waals surface area contributed by atoms with Gasteiger partial charge in [0.2, 0.25) is 5.91 Å². The van der Waals surface area contributed by atoms with Crippen LogP contribution in [0.2, 0.25) is 0 Å². The molecule has 0 aliphatic rings. The summed E-state index contributed by atoms with van der Waals surface area (Å²) in [4.78, 5) is 11.6. The van der Waals surface area contributed by atoms with E-state index in [0.29, 0.717) is 32.7 Å². The Labute approximate surface area is 120 Å². The minimum absolute atomic E-state index is 0.0266. The predicted molar refractivity (Wildman–Crippen MR) is 78.6 cm³/mol. The van der Waals surface area contributed by atoms with Gasteiger partial charge in [-0.3, -0.25) is 4.79 Å². The van der Waals surface area contributed by atoms with Gasteiger partial charge in [0.25, 0.3) is 0 Å². The highest BCUT2D eigenvalue weighted by Crippen LogP contribution is 2.12. The van der Waals surface area contributed by atoms with E-state index < -0.39 is 0 Å². The van der Waals surface area contributed by atoms with Crippen LogP contribution in [0.15, 0.2) is 30.3 Å². The minimum Gasteiger partial charge on any atom is -0.383 e. The highest BCUT2D eigenvalue weighted by atomic mass is 16.5.